The van der Waals surface area contributed by atoms with Crippen molar-refractivity contribution in [1.29, 1.82) is 0 Å². The summed E-state index contributed by atoms with van der Waals surface area (Å²) in [7, 11) is 0. The van der Waals surface area contributed by atoms with Crippen LogP contribution < -0.4 is 0 Å². The Balaban J connectivity index is 1.80. The molecule has 1 unspecified atom stereocenters. The summed E-state index contributed by atoms with van der Waals surface area (Å²) in [5.74, 6) is -0.0738. The first-order chi connectivity index (χ1) is 14.5. The van der Waals surface area contributed by atoms with Crippen molar-refractivity contribution in [3.8, 4) is 11.3 Å². The van der Waals surface area contributed by atoms with Gasteiger partial charge >= 0.3 is 0 Å². The number of non-ortho nitro benzene ring substituents is 1. The molecule has 7 nitrogen and oxygen atoms in total. The van der Waals surface area contributed by atoms with Crippen LogP contribution in [0.1, 0.15) is 59.4 Å². The van der Waals surface area contributed by atoms with Crippen LogP contribution in [0.5, 0.6) is 0 Å². The average Bonchev–Trinajstić information content (AvgIpc) is 3.28. The van der Waals surface area contributed by atoms with Gasteiger partial charge in [0.15, 0.2) is 0 Å². The number of nitro benzene ring substituents is 1. The lowest BCUT2D eigenvalue weighted by Gasteiger charge is -2.26. The van der Waals surface area contributed by atoms with Crippen LogP contribution >= 0.6 is 0 Å². The van der Waals surface area contributed by atoms with Gasteiger partial charge in [0.25, 0.3) is 11.6 Å². The van der Waals surface area contributed by atoms with E-state index in [1.807, 2.05) is 36.1 Å². The van der Waals surface area contributed by atoms with Crippen molar-refractivity contribution in [2.75, 3.05) is 6.54 Å². The number of aromatic nitrogens is 2. The van der Waals surface area contributed by atoms with Gasteiger partial charge in [0.2, 0.25) is 0 Å². The Hall–Kier alpha value is -3.48. The molecule has 1 atom stereocenters. The number of fused-ring (bicyclic) bond motifs is 1. The molecule has 4 rings (SSSR count). The molecular weight excluding hydrogens is 380 g/mol. The third-order valence-electron chi connectivity index (χ3n) is 5.61. The predicted octanol–water partition coefficient (Wildman–Crippen LogP) is 5.03. The molecule has 1 aromatic heterocycles. The van der Waals surface area contributed by atoms with E-state index in [2.05, 4.69) is 17.1 Å². The van der Waals surface area contributed by atoms with Crippen LogP contribution in [-0.4, -0.2) is 32.5 Å². The second-order valence-electron chi connectivity index (χ2n) is 7.68. The number of unbranched alkanes of at least 4 members (excludes halogenated alkanes) is 2. The van der Waals surface area contributed by atoms with Crippen molar-refractivity contribution >= 4 is 11.6 Å². The molecule has 3 aromatic rings. The standard InChI is InChI=1S/C23H24N4O3/c1-3-4-5-14-26-22(17-10-12-18(13-11-17)27(29)30)19-20(24-25-21(19)23(26)28)16-8-6-15(2)7-9-16/h6-13,22H,3-5,14H2,1-2H3,(H,24,25). The average molecular weight is 404 g/mol. The highest BCUT2D eigenvalue weighted by Gasteiger charge is 2.41. The molecule has 0 saturated carbocycles. The van der Waals surface area contributed by atoms with E-state index in [-0.39, 0.29) is 17.6 Å². The Kier molecular flexibility index (Phi) is 5.35. The molecule has 1 aliphatic heterocycles. The number of nitrogens with zero attached hydrogens (tertiary/aromatic N) is 3. The molecule has 1 N–H and O–H groups in total. The topological polar surface area (TPSA) is 92.1 Å². The molecule has 2 aromatic carbocycles. The number of carbonyl (C=O) groups is 1. The van der Waals surface area contributed by atoms with Crippen molar-refractivity contribution in [2.45, 2.75) is 39.2 Å². The predicted molar refractivity (Wildman–Crippen MR) is 114 cm³/mol. The van der Waals surface area contributed by atoms with Gasteiger partial charge in [-0.15, -0.1) is 0 Å². The first kappa shape index (κ1) is 19.8. The number of nitro groups is 1. The number of rotatable bonds is 7. The van der Waals surface area contributed by atoms with Gasteiger partial charge in [-0.25, -0.2) is 0 Å². The summed E-state index contributed by atoms with van der Waals surface area (Å²) < 4.78 is 0. The van der Waals surface area contributed by atoms with Crippen LogP contribution in [0.2, 0.25) is 0 Å². The maximum absolute atomic E-state index is 13.2. The van der Waals surface area contributed by atoms with Crippen molar-refractivity contribution in [2.24, 2.45) is 0 Å². The number of nitrogens with one attached hydrogen (secondary N) is 1. The van der Waals surface area contributed by atoms with Crippen LogP contribution in [0.4, 0.5) is 5.69 Å². The molecule has 154 valence electrons. The van der Waals surface area contributed by atoms with Gasteiger partial charge in [-0.05, 0) is 31.0 Å². The Bertz CT molecular complexity index is 1070. The van der Waals surface area contributed by atoms with Crippen LogP contribution in [-0.2, 0) is 0 Å². The Labute approximate surface area is 174 Å². The normalized spacial score (nSPS) is 15.5. The minimum atomic E-state index is -0.413. The minimum absolute atomic E-state index is 0.0341. The molecule has 1 amide bonds. The van der Waals surface area contributed by atoms with Crippen molar-refractivity contribution in [1.82, 2.24) is 15.1 Å². The van der Waals surface area contributed by atoms with Crippen LogP contribution in [0.3, 0.4) is 0 Å². The molecule has 30 heavy (non-hydrogen) atoms. The summed E-state index contributed by atoms with van der Waals surface area (Å²) in [5.41, 5.74) is 5.06. The third-order valence-corrected chi connectivity index (χ3v) is 5.61. The smallest absolute Gasteiger partial charge is 0.273 e. The molecule has 0 aliphatic carbocycles. The number of hydrogen-bond donors (Lipinski definition) is 1. The number of H-pyrrole nitrogens is 1. The first-order valence-electron chi connectivity index (χ1n) is 10.2. The molecule has 1 aliphatic rings. The third kappa shape index (κ3) is 3.47. The number of carbonyl (C=O) groups excluding carboxylic acids is 1. The number of aromatic amines is 1. The fraction of sp³-hybridized carbons (Fsp3) is 0.304. The van der Waals surface area contributed by atoms with Crippen LogP contribution in [0.25, 0.3) is 11.3 Å². The summed E-state index contributed by atoms with van der Waals surface area (Å²) in [6.45, 7) is 4.78. The van der Waals surface area contributed by atoms with Crippen molar-refractivity contribution < 1.29 is 9.72 Å². The van der Waals surface area contributed by atoms with Gasteiger partial charge in [-0.3, -0.25) is 20.0 Å². The Morgan fingerprint density at radius 2 is 1.80 bits per heavy atom. The lowest BCUT2D eigenvalue weighted by molar-refractivity contribution is -0.384. The fourth-order valence-corrected chi connectivity index (χ4v) is 4.02. The zero-order chi connectivity index (χ0) is 21.3. The Morgan fingerprint density at radius 3 is 2.43 bits per heavy atom. The number of benzene rings is 2. The SMILES string of the molecule is CCCCCN1C(=O)c2[nH]nc(-c3ccc(C)cc3)c2C1c1ccc([N+](=O)[O-])cc1. The maximum atomic E-state index is 13.2. The molecule has 0 saturated heterocycles. The van der Waals surface area contributed by atoms with Crippen LogP contribution in [0, 0.1) is 17.0 Å². The Morgan fingerprint density at radius 1 is 1.10 bits per heavy atom. The van der Waals surface area contributed by atoms with Crippen molar-refractivity contribution in [3.05, 3.63) is 81.0 Å². The van der Waals surface area contributed by atoms with Gasteiger partial charge < -0.3 is 4.90 Å². The highest BCUT2D eigenvalue weighted by molar-refractivity contribution is 6.00. The molecule has 0 fully saturated rings. The quantitative estimate of drug-likeness (QED) is 0.340. The van der Waals surface area contributed by atoms with E-state index in [0.29, 0.717) is 12.2 Å². The lowest BCUT2D eigenvalue weighted by atomic mass is 9.95. The minimum Gasteiger partial charge on any atom is -0.326 e. The van der Waals surface area contributed by atoms with E-state index < -0.39 is 4.92 Å². The maximum Gasteiger partial charge on any atom is 0.273 e. The van der Waals surface area contributed by atoms with E-state index in [1.54, 1.807) is 12.1 Å². The molecule has 0 bridgehead atoms. The zero-order valence-electron chi connectivity index (χ0n) is 17.1. The second kappa shape index (κ2) is 8.10. The van der Waals surface area contributed by atoms with Gasteiger partial charge in [0.05, 0.1) is 16.7 Å². The molecule has 0 spiro atoms. The molecule has 7 heteroatoms. The number of aryl methyl sites for hydroxylation is 1. The summed E-state index contributed by atoms with van der Waals surface area (Å²) in [6.07, 6.45) is 3.00. The summed E-state index contributed by atoms with van der Waals surface area (Å²) in [6, 6.07) is 14.2. The van der Waals surface area contributed by atoms with E-state index in [1.165, 1.54) is 12.1 Å². The van der Waals surface area contributed by atoms with Crippen LogP contribution in [0.15, 0.2) is 48.5 Å². The summed E-state index contributed by atoms with van der Waals surface area (Å²) in [4.78, 5) is 25.7. The van der Waals surface area contributed by atoms with E-state index >= 15 is 0 Å². The van der Waals surface area contributed by atoms with Crippen molar-refractivity contribution in [3.63, 3.8) is 0 Å². The molecular formula is C23H24N4O3. The van der Waals surface area contributed by atoms with Gasteiger partial charge in [0, 0.05) is 29.8 Å². The highest BCUT2D eigenvalue weighted by Crippen LogP contribution is 2.43. The van der Waals surface area contributed by atoms with Gasteiger partial charge in [0.1, 0.15) is 5.69 Å². The second-order valence-corrected chi connectivity index (χ2v) is 7.68. The van der Waals surface area contributed by atoms with E-state index in [9.17, 15) is 14.9 Å². The number of amides is 1. The first-order valence-corrected chi connectivity index (χ1v) is 10.2. The highest BCUT2D eigenvalue weighted by atomic mass is 16.6. The lowest BCUT2D eigenvalue weighted by Crippen LogP contribution is -2.30. The van der Waals surface area contributed by atoms with Gasteiger partial charge in [-0.1, -0.05) is 49.6 Å². The van der Waals surface area contributed by atoms with E-state index in [0.717, 1.165) is 47.2 Å². The summed E-state index contributed by atoms with van der Waals surface area (Å²) in [5, 5.41) is 18.5. The molecule has 0 radical (unpaired) electrons. The van der Waals surface area contributed by atoms with Gasteiger partial charge in [-0.2, -0.15) is 5.10 Å². The summed E-state index contributed by atoms with van der Waals surface area (Å²) >= 11 is 0. The largest absolute Gasteiger partial charge is 0.326 e. The molecule has 2 heterocycles. The fourth-order valence-electron chi connectivity index (χ4n) is 4.02. The number of hydrogen-bond acceptors (Lipinski definition) is 4. The van der Waals surface area contributed by atoms with E-state index in [4.69, 9.17) is 0 Å². The zero-order valence-corrected chi connectivity index (χ0v) is 17.1. The monoisotopic (exact) mass is 404 g/mol.